The van der Waals surface area contributed by atoms with Crippen LogP contribution < -0.4 is 10.6 Å². The molecule has 2 rings (SSSR count). The lowest BCUT2D eigenvalue weighted by molar-refractivity contribution is 0.102. The maximum atomic E-state index is 12.1. The second kappa shape index (κ2) is 11.5. The molecule has 0 amide bonds. The van der Waals surface area contributed by atoms with E-state index in [4.69, 9.17) is 0 Å². The molecular weight excluding hydrogens is 432 g/mol. The summed E-state index contributed by atoms with van der Waals surface area (Å²) in [5.74, 6) is 0. The van der Waals surface area contributed by atoms with Crippen molar-refractivity contribution >= 4 is 20.2 Å². The first-order valence-electron chi connectivity index (χ1n) is 11.1. The minimum Gasteiger partial charge on any atom is -0.390 e. The third-order valence-corrected chi connectivity index (χ3v) is 9.39. The molecule has 4 unspecified atom stereocenters. The number of hydrogen-bond acceptors (Lipinski definition) is 7. The van der Waals surface area contributed by atoms with Gasteiger partial charge in [-0.1, -0.05) is 45.4 Å². The van der Waals surface area contributed by atoms with Gasteiger partial charge in [-0.05, 0) is 32.1 Å². The van der Waals surface area contributed by atoms with E-state index in [1.165, 1.54) is 13.3 Å². The summed E-state index contributed by atoms with van der Waals surface area (Å²) >= 11 is 0. The molecule has 0 radical (unpaired) electrons. The smallest absolute Gasteiger partial charge is 0.271 e. The van der Waals surface area contributed by atoms with Crippen LogP contribution in [0.3, 0.4) is 0 Å². The van der Waals surface area contributed by atoms with Gasteiger partial charge in [0.1, 0.15) is 10.5 Å². The standard InChI is InChI=1S/C19H38N2O7S2/c1-2-17(29(23,24)25)19(30(26,27)28)18(22)16(21-15-11-7-4-8-12-15)13-20-14-9-5-3-6-10-14/h14-22H,2-13H2,1H3,(H,23,24,25)(H,26,27,28). The van der Waals surface area contributed by atoms with Crippen LogP contribution in [0.2, 0.25) is 0 Å². The molecule has 0 aromatic carbocycles. The van der Waals surface area contributed by atoms with Gasteiger partial charge in [0, 0.05) is 24.7 Å². The Morgan fingerprint density at radius 1 is 0.833 bits per heavy atom. The summed E-state index contributed by atoms with van der Waals surface area (Å²) in [6.07, 6.45) is 8.38. The van der Waals surface area contributed by atoms with E-state index in [-0.39, 0.29) is 25.0 Å². The quantitative estimate of drug-likeness (QED) is 0.283. The zero-order valence-electron chi connectivity index (χ0n) is 17.7. The lowest BCUT2D eigenvalue weighted by Gasteiger charge is -2.36. The van der Waals surface area contributed by atoms with Gasteiger partial charge in [0.15, 0.2) is 0 Å². The fraction of sp³-hybridized carbons (Fsp3) is 1.00. The van der Waals surface area contributed by atoms with Crippen molar-refractivity contribution in [3.05, 3.63) is 0 Å². The number of aliphatic hydroxyl groups is 1. The van der Waals surface area contributed by atoms with Crippen molar-refractivity contribution in [1.29, 1.82) is 0 Å². The van der Waals surface area contributed by atoms with Crippen LogP contribution in [0, 0.1) is 0 Å². The van der Waals surface area contributed by atoms with Gasteiger partial charge in [0.2, 0.25) is 0 Å². The van der Waals surface area contributed by atoms with Crippen molar-refractivity contribution < 1.29 is 31.0 Å². The fourth-order valence-corrected chi connectivity index (χ4v) is 7.76. The first kappa shape index (κ1) is 26.0. The van der Waals surface area contributed by atoms with E-state index in [1.54, 1.807) is 0 Å². The van der Waals surface area contributed by atoms with Crippen molar-refractivity contribution in [1.82, 2.24) is 10.6 Å². The zero-order chi connectivity index (χ0) is 22.4. The Bertz CT molecular complexity index is 717. The van der Waals surface area contributed by atoms with Gasteiger partial charge >= 0.3 is 0 Å². The van der Waals surface area contributed by atoms with E-state index in [1.807, 2.05) is 0 Å². The van der Waals surface area contributed by atoms with Gasteiger partial charge in [0.05, 0.1) is 6.10 Å². The maximum Gasteiger partial charge on any atom is 0.271 e. The number of rotatable bonds is 11. The Morgan fingerprint density at radius 3 is 1.77 bits per heavy atom. The molecule has 0 aromatic heterocycles. The topological polar surface area (TPSA) is 153 Å². The summed E-state index contributed by atoms with van der Waals surface area (Å²) < 4.78 is 67.1. The summed E-state index contributed by atoms with van der Waals surface area (Å²) in [6.45, 7) is 1.64. The monoisotopic (exact) mass is 470 g/mol. The normalized spacial score (nSPS) is 24.3. The largest absolute Gasteiger partial charge is 0.390 e. The van der Waals surface area contributed by atoms with Crippen LogP contribution in [0.25, 0.3) is 0 Å². The van der Waals surface area contributed by atoms with Crippen LogP contribution in [0.4, 0.5) is 0 Å². The Balaban J connectivity index is 2.24. The average molecular weight is 471 g/mol. The second-order valence-electron chi connectivity index (χ2n) is 8.78. The molecule has 0 heterocycles. The van der Waals surface area contributed by atoms with E-state index >= 15 is 0 Å². The van der Waals surface area contributed by atoms with Crippen molar-refractivity contribution in [2.75, 3.05) is 6.54 Å². The third kappa shape index (κ3) is 7.68. The Labute approximate surface area is 180 Å². The van der Waals surface area contributed by atoms with Gasteiger partial charge in [0.25, 0.3) is 20.2 Å². The third-order valence-electron chi connectivity index (χ3n) is 6.53. The second-order valence-corrected chi connectivity index (χ2v) is 12.0. The number of nitrogens with one attached hydrogen (secondary N) is 2. The molecule has 2 aliphatic rings. The number of hydrogen-bond donors (Lipinski definition) is 5. The molecule has 11 heteroatoms. The molecule has 0 saturated heterocycles. The lowest BCUT2D eigenvalue weighted by Crippen LogP contribution is -2.60. The molecule has 30 heavy (non-hydrogen) atoms. The number of aliphatic hydroxyl groups excluding tert-OH is 1. The van der Waals surface area contributed by atoms with Gasteiger partial charge in [-0.25, -0.2) is 0 Å². The first-order valence-corrected chi connectivity index (χ1v) is 14.1. The van der Waals surface area contributed by atoms with Gasteiger partial charge < -0.3 is 15.7 Å². The highest BCUT2D eigenvalue weighted by atomic mass is 32.2. The Morgan fingerprint density at radius 2 is 1.33 bits per heavy atom. The summed E-state index contributed by atoms with van der Waals surface area (Å²) in [5, 5.41) is 13.9. The molecular formula is C19H38N2O7S2. The van der Waals surface area contributed by atoms with Crippen molar-refractivity contribution in [3.63, 3.8) is 0 Å². The Hall–Kier alpha value is -0.300. The highest BCUT2D eigenvalue weighted by Crippen LogP contribution is 2.24. The van der Waals surface area contributed by atoms with E-state index in [9.17, 15) is 31.0 Å². The molecule has 2 fully saturated rings. The molecule has 0 aliphatic heterocycles. The van der Waals surface area contributed by atoms with Crippen LogP contribution in [0.5, 0.6) is 0 Å². The predicted octanol–water partition coefficient (Wildman–Crippen LogP) is 1.48. The lowest BCUT2D eigenvalue weighted by atomic mass is 9.92. The minimum absolute atomic E-state index is 0.0828. The van der Waals surface area contributed by atoms with Crippen molar-refractivity contribution in [2.45, 2.75) is 112 Å². The van der Waals surface area contributed by atoms with Crippen LogP contribution in [-0.4, -0.2) is 72.3 Å². The van der Waals surface area contributed by atoms with E-state index in [0.717, 1.165) is 57.8 Å². The molecule has 0 spiro atoms. The fourth-order valence-electron chi connectivity index (χ4n) is 4.88. The van der Waals surface area contributed by atoms with Gasteiger partial charge in [-0.15, -0.1) is 0 Å². The summed E-state index contributed by atoms with van der Waals surface area (Å²) in [7, 11) is -9.74. The highest BCUT2D eigenvalue weighted by molar-refractivity contribution is 7.90. The molecule has 2 saturated carbocycles. The van der Waals surface area contributed by atoms with Gasteiger partial charge in [-0.2, -0.15) is 16.8 Å². The van der Waals surface area contributed by atoms with Crippen LogP contribution in [0.15, 0.2) is 0 Å². The minimum atomic E-state index is -4.94. The molecule has 178 valence electrons. The SMILES string of the molecule is CCC(C(C(O)C(CNC1CCCCC1)NC1CCCCC1)S(=O)(=O)O)S(=O)(=O)O. The summed E-state index contributed by atoms with van der Waals surface area (Å²) in [5.41, 5.74) is 0. The zero-order valence-corrected chi connectivity index (χ0v) is 19.4. The first-order chi connectivity index (χ1) is 14.0. The van der Waals surface area contributed by atoms with Crippen molar-refractivity contribution in [3.8, 4) is 0 Å². The highest BCUT2D eigenvalue weighted by Gasteiger charge is 2.46. The summed E-state index contributed by atoms with van der Waals surface area (Å²) in [6, 6.07) is -0.438. The molecule has 4 atom stereocenters. The molecule has 0 aromatic rings. The van der Waals surface area contributed by atoms with Crippen molar-refractivity contribution in [2.24, 2.45) is 0 Å². The van der Waals surface area contributed by atoms with E-state index in [0.29, 0.717) is 0 Å². The van der Waals surface area contributed by atoms with Crippen LogP contribution in [-0.2, 0) is 20.2 Å². The molecule has 0 bridgehead atoms. The Kier molecular flexibility index (Phi) is 9.98. The average Bonchev–Trinajstić information content (AvgIpc) is 2.68. The predicted molar refractivity (Wildman–Crippen MR) is 116 cm³/mol. The maximum absolute atomic E-state index is 12.1. The van der Waals surface area contributed by atoms with Crippen LogP contribution >= 0.6 is 0 Å². The van der Waals surface area contributed by atoms with Crippen LogP contribution in [0.1, 0.15) is 77.6 Å². The molecule has 5 N–H and O–H groups in total. The van der Waals surface area contributed by atoms with E-state index < -0.39 is 42.9 Å². The molecule has 9 nitrogen and oxygen atoms in total. The molecule has 2 aliphatic carbocycles. The van der Waals surface area contributed by atoms with Gasteiger partial charge in [-0.3, -0.25) is 9.11 Å². The summed E-state index contributed by atoms with van der Waals surface area (Å²) in [4.78, 5) is 0. The van der Waals surface area contributed by atoms with E-state index in [2.05, 4.69) is 10.6 Å².